The van der Waals surface area contributed by atoms with Crippen molar-refractivity contribution in [3.63, 3.8) is 0 Å². The van der Waals surface area contributed by atoms with E-state index in [-0.39, 0.29) is 11.3 Å². The summed E-state index contributed by atoms with van der Waals surface area (Å²) in [5.41, 5.74) is 0.112. The lowest BCUT2D eigenvalue weighted by Gasteiger charge is -2.26. The number of hydrogen-bond donors (Lipinski definition) is 1. The third-order valence-electron chi connectivity index (χ3n) is 2.07. The Hall–Kier alpha value is -1.05. The van der Waals surface area contributed by atoms with Crippen LogP contribution < -0.4 is 5.32 Å². The number of carbonyl (C=O) groups is 1. The summed E-state index contributed by atoms with van der Waals surface area (Å²) in [7, 11) is 0. The van der Waals surface area contributed by atoms with E-state index in [2.05, 4.69) is 24.4 Å². The molecular weight excluding hydrogens is 150 g/mol. The summed E-state index contributed by atoms with van der Waals surface area (Å²) in [6, 6.07) is 0. The molecule has 1 N–H and O–H groups in total. The third-order valence-corrected chi connectivity index (χ3v) is 2.07. The first kappa shape index (κ1) is 9.04. The molecule has 12 heavy (non-hydrogen) atoms. The van der Waals surface area contributed by atoms with Gasteiger partial charge in [-0.2, -0.15) is 0 Å². The van der Waals surface area contributed by atoms with Crippen molar-refractivity contribution in [3.05, 3.63) is 24.3 Å². The van der Waals surface area contributed by atoms with E-state index in [0.717, 1.165) is 13.0 Å². The van der Waals surface area contributed by atoms with Gasteiger partial charge in [-0.25, -0.2) is 0 Å². The highest BCUT2D eigenvalue weighted by atomic mass is 16.1. The molecule has 0 aromatic carbocycles. The first-order valence-electron chi connectivity index (χ1n) is 4.21. The standard InChI is InChI=1S/C10H15NO/c1-9(12)11-8-10(2)6-4-3-5-7-10/h3-6H,7-8H2,1-2H3,(H,11,12)/t10-/m1/s1. The van der Waals surface area contributed by atoms with Crippen molar-refractivity contribution >= 4 is 5.91 Å². The van der Waals surface area contributed by atoms with Gasteiger partial charge in [0, 0.05) is 18.9 Å². The van der Waals surface area contributed by atoms with Crippen molar-refractivity contribution in [2.24, 2.45) is 5.41 Å². The molecule has 2 heteroatoms. The molecule has 1 aliphatic rings. The van der Waals surface area contributed by atoms with E-state index < -0.39 is 0 Å². The van der Waals surface area contributed by atoms with Crippen LogP contribution in [0.15, 0.2) is 24.3 Å². The van der Waals surface area contributed by atoms with Gasteiger partial charge < -0.3 is 5.32 Å². The lowest BCUT2D eigenvalue weighted by Crippen LogP contribution is -2.33. The van der Waals surface area contributed by atoms with E-state index in [4.69, 9.17) is 0 Å². The van der Waals surface area contributed by atoms with Crippen LogP contribution in [-0.4, -0.2) is 12.5 Å². The Balaban J connectivity index is 2.44. The summed E-state index contributed by atoms with van der Waals surface area (Å²) in [6.45, 7) is 4.41. The topological polar surface area (TPSA) is 29.1 Å². The molecule has 0 aromatic heterocycles. The molecule has 0 saturated carbocycles. The number of rotatable bonds is 2. The van der Waals surface area contributed by atoms with Crippen LogP contribution in [0.4, 0.5) is 0 Å². The summed E-state index contributed by atoms with van der Waals surface area (Å²) in [4.78, 5) is 10.7. The molecule has 66 valence electrons. The van der Waals surface area contributed by atoms with Crippen molar-refractivity contribution in [3.8, 4) is 0 Å². The zero-order chi connectivity index (χ0) is 9.03. The first-order chi connectivity index (χ1) is 5.62. The molecule has 1 amide bonds. The van der Waals surface area contributed by atoms with E-state index >= 15 is 0 Å². The van der Waals surface area contributed by atoms with E-state index in [9.17, 15) is 4.79 Å². The lowest BCUT2D eigenvalue weighted by molar-refractivity contribution is -0.119. The van der Waals surface area contributed by atoms with Crippen molar-refractivity contribution < 1.29 is 4.79 Å². The Bertz CT molecular complexity index is 230. The van der Waals surface area contributed by atoms with Crippen LogP contribution >= 0.6 is 0 Å². The number of carbonyl (C=O) groups excluding carboxylic acids is 1. The van der Waals surface area contributed by atoms with Gasteiger partial charge >= 0.3 is 0 Å². The van der Waals surface area contributed by atoms with Crippen LogP contribution in [-0.2, 0) is 4.79 Å². The van der Waals surface area contributed by atoms with Crippen LogP contribution in [0.5, 0.6) is 0 Å². The molecule has 0 radical (unpaired) electrons. The Kier molecular flexibility index (Phi) is 2.69. The molecule has 1 aliphatic carbocycles. The quantitative estimate of drug-likeness (QED) is 0.662. The minimum absolute atomic E-state index is 0.0409. The summed E-state index contributed by atoms with van der Waals surface area (Å²) in [6.07, 6.45) is 9.34. The van der Waals surface area contributed by atoms with Crippen LogP contribution in [0, 0.1) is 5.41 Å². The molecule has 0 spiro atoms. The van der Waals surface area contributed by atoms with Gasteiger partial charge in [-0.3, -0.25) is 4.79 Å². The minimum atomic E-state index is 0.0409. The third kappa shape index (κ3) is 2.53. The molecule has 0 bridgehead atoms. The average Bonchev–Trinajstić information content (AvgIpc) is 2.03. The smallest absolute Gasteiger partial charge is 0.216 e. The molecule has 0 aliphatic heterocycles. The van der Waals surface area contributed by atoms with Gasteiger partial charge in [-0.1, -0.05) is 31.2 Å². The highest BCUT2D eigenvalue weighted by Crippen LogP contribution is 2.25. The van der Waals surface area contributed by atoms with Crippen molar-refractivity contribution in [1.82, 2.24) is 5.32 Å². The highest BCUT2D eigenvalue weighted by Gasteiger charge is 2.20. The van der Waals surface area contributed by atoms with Gasteiger partial charge in [0.15, 0.2) is 0 Å². The molecule has 1 rings (SSSR count). The maximum Gasteiger partial charge on any atom is 0.216 e. The largest absolute Gasteiger partial charge is 0.355 e. The first-order valence-corrected chi connectivity index (χ1v) is 4.21. The summed E-state index contributed by atoms with van der Waals surface area (Å²) in [5, 5.41) is 2.83. The molecule has 2 nitrogen and oxygen atoms in total. The van der Waals surface area contributed by atoms with Crippen molar-refractivity contribution in [2.45, 2.75) is 20.3 Å². The Morgan fingerprint density at radius 2 is 2.33 bits per heavy atom. The molecule has 0 saturated heterocycles. The van der Waals surface area contributed by atoms with E-state index in [0.29, 0.717) is 0 Å². The van der Waals surface area contributed by atoms with Crippen LogP contribution in [0.2, 0.25) is 0 Å². The average molecular weight is 165 g/mol. The molecule has 0 heterocycles. The molecule has 0 fully saturated rings. The number of hydrogen-bond acceptors (Lipinski definition) is 1. The number of allylic oxidation sites excluding steroid dienone is 3. The zero-order valence-corrected chi connectivity index (χ0v) is 7.63. The fourth-order valence-electron chi connectivity index (χ4n) is 1.23. The molecule has 0 aromatic rings. The SMILES string of the molecule is CC(=O)NC[C@]1(C)C=CC=CC1. The second-order valence-electron chi connectivity index (χ2n) is 3.56. The molecule has 0 unspecified atom stereocenters. The van der Waals surface area contributed by atoms with Gasteiger partial charge in [-0.05, 0) is 6.42 Å². The van der Waals surface area contributed by atoms with E-state index in [1.807, 2.05) is 12.2 Å². The maximum absolute atomic E-state index is 10.7. The Labute approximate surface area is 73.4 Å². The fourth-order valence-corrected chi connectivity index (χ4v) is 1.23. The summed E-state index contributed by atoms with van der Waals surface area (Å²) >= 11 is 0. The van der Waals surface area contributed by atoms with Gasteiger partial charge in [0.05, 0.1) is 0 Å². The predicted octanol–water partition coefficient (Wildman–Crippen LogP) is 1.64. The molecular formula is C10H15NO. The van der Waals surface area contributed by atoms with Crippen molar-refractivity contribution in [1.29, 1.82) is 0 Å². The summed E-state index contributed by atoms with van der Waals surface area (Å²) < 4.78 is 0. The fraction of sp³-hybridized carbons (Fsp3) is 0.500. The van der Waals surface area contributed by atoms with Crippen LogP contribution in [0.3, 0.4) is 0 Å². The minimum Gasteiger partial charge on any atom is -0.355 e. The van der Waals surface area contributed by atoms with E-state index in [1.165, 1.54) is 0 Å². The Morgan fingerprint density at radius 1 is 1.58 bits per heavy atom. The number of amides is 1. The second kappa shape index (κ2) is 3.57. The van der Waals surface area contributed by atoms with Crippen LogP contribution in [0.25, 0.3) is 0 Å². The molecule has 1 atom stereocenters. The highest BCUT2D eigenvalue weighted by molar-refractivity contribution is 5.72. The van der Waals surface area contributed by atoms with Gasteiger partial charge in [0.25, 0.3) is 0 Å². The predicted molar refractivity (Wildman–Crippen MR) is 49.7 cm³/mol. The number of nitrogens with one attached hydrogen (secondary N) is 1. The summed E-state index contributed by atoms with van der Waals surface area (Å²) in [5.74, 6) is 0.0409. The van der Waals surface area contributed by atoms with Crippen LogP contribution in [0.1, 0.15) is 20.3 Å². The Morgan fingerprint density at radius 3 is 2.83 bits per heavy atom. The second-order valence-corrected chi connectivity index (χ2v) is 3.56. The maximum atomic E-state index is 10.7. The normalized spacial score (nSPS) is 27.2. The zero-order valence-electron chi connectivity index (χ0n) is 7.63. The van der Waals surface area contributed by atoms with Crippen molar-refractivity contribution in [2.75, 3.05) is 6.54 Å². The van der Waals surface area contributed by atoms with Gasteiger partial charge in [0.1, 0.15) is 0 Å². The van der Waals surface area contributed by atoms with Gasteiger partial charge in [-0.15, -0.1) is 0 Å². The lowest BCUT2D eigenvalue weighted by atomic mass is 9.84. The monoisotopic (exact) mass is 165 g/mol. The van der Waals surface area contributed by atoms with Gasteiger partial charge in [0.2, 0.25) is 5.91 Å². The van der Waals surface area contributed by atoms with E-state index in [1.54, 1.807) is 6.92 Å².